The largest absolute Gasteiger partial charge is 0.508 e. The summed E-state index contributed by atoms with van der Waals surface area (Å²) < 4.78 is 6.23. The Kier molecular flexibility index (Phi) is 6.65. The lowest BCUT2D eigenvalue weighted by atomic mass is 9.93. The zero-order valence-corrected chi connectivity index (χ0v) is 19.7. The first kappa shape index (κ1) is 21.9. The van der Waals surface area contributed by atoms with E-state index < -0.39 is 0 Å². The predicted molar refractivity (Wildman–Crippen MR) is 129 cm³/mol. The molecule has 0 radical (unpaired) electrons. The molecule has 3 aromatic rings. The van der Waals surface area contributed by atoms with Crippen LogP contribution < -0.4 is 10.1 Å². The average Bonchev–Trinajstić information content (AvgIpc) is 2.80. The van der Waals surface area contributed by atoms with Crippen LogP contribution in [0.1, 0.15) is 47.8 Å². The molecule has 0 saturated heterocycles. The summed E-state index contributed by atoms with van der Waals surface area (Å²) in [6, 6.07) is 19.5. The van der Waals surface area contributed by atoms with Crippen LogP contribution in [0.2, 0.25) is 5.02 Å². The average molecular weight is 500 g/mol. The molecule has 1 aliphatic heterocycles. The van der Waals surface area contributed by atoms with Crippen LogP contribution in [0.5, 0.6) is 11.5 Å². The lowest BCUT2D eigenvalue weighted by Crippen LogP contribution is -2.33. The van der Waals surface area contributed by atoms with E-state index in [1.165, 1.54) is 5.56 Å². The number of nitrogens with zero attached hydrogens (tertiary/aromatic N) is 1. The second-order valence-corrected chi connectivity index (χ2v) is 8.84. The summed E-state index contributed by atoms with van der Waals surface area (Å²) in [7, 11) is 1.65. The van der Waals surface area contributed by atoms with E-state index in [-0.39, 0.29) is 18.0 Å². The number of benzene rings is 3. The van der Waals surface area contributed by atoms with Crippen LogP contribution in [-0.4, -0.2) is 17.9 Å². The minimum atomic E-state index is -0.278. The number of hydrogen-bond acceptors (Lipinski definition) is 4. The van der Waals surface area contributed by atoms with Gasteiger partial charge in [0.15, 0.2) is 0 Å². The number of aliphatic imine (C=N–C) groups is 1. The molecule has 0 saturated carbocycles. The van der Waals surface area contributed by atoms with Gasteiger partial charge in [-0.25, -0.2) is 0 Å². The first-order chi connectivity index (χ1) is 15.0. The van der Waals surface area contributed by atoms with Gasteiger partial charge in [0.2, 0.25) is 0 Å². The fourth-order valence-electron chi connectivity index (χ4n) is 3.84. The van der Waals surface area contributed by atoms with Crippen LogP contribution in [0.15, 0.2) is 70.1 Å². The molecule has 0 aliphatic carbocycles. The van der Waals surface area contributed by atoms with E-state index in [4.69, 9.17) is 21.3 Å². The van der Waals surface area contributed by atoms with Gasteiger partial charge in [-0.3, -0.25) is 10.3 Å². The van der Waals surface area contributed by atoms with Gasteiger partial charge in [0.05, 0.1) is 11.6 Å². The maximum Gasteiger partial charge on any atom is 0.133 e. The third-order valence-corrected chi connectivity index (χ3v) is 6.45. The van der Waals surface area contributed by atoms with Crippen molar-refractivity contribution in [3.8, 4) is 11.5 Å². The molecule has 1 aliphatic rings. The lowest BCUT2D eigenvalue weighted by molar-refractivity contribution is 0.406. The van der Waals surface area contributed by atoms with Crippen LogP contribution in [-0.2, 0) is 6.42 Å². The second kappa shape index (κ2) is 9.43. The number of phenols is 1. The van der Waals surface area contributed by atoms with Gasteiger partial charge >= 0.3 is 0 Å². The Balaban J connectivity index is 1.76. The van der Waals surface area contributed by atoms with Gasteiger partial charge in [0.1, 0.15) is 17.7 Å². The van der Waals surface area contributed by atoms with Gasteiger partial charge < -0.3 is 9.84 Å². The Morgan fingerprint density at radius 1 is 1.13 bits per heavy atom. The Morgan fingerprint density at radius 2 is 1.90 bits per heavy atom. The first-order valence-corrected chi connectivity index (χ1v) is 11.4. The third kappa shape index (κ3) is 4.79. The number of phenolic OH excluding ortho intramolecular Hbond substituents is 1. The molecule has 0 spiro atoms. The molecule has 160 valence electrons. The van der Waals surface area contributed by atoms with Crippen LogP contribution in [0, 0.1) is 0 Å². The van der Waals surface area contributed by atoms with E-state index in [1.54, 1.807) is 19.2 Å². The van der Waals surface area contributed by atoms with E-state index >= 15 is 0 Å². The number of methoxy groups -OCH3 is 1. The molecule has 4 rings (SSSR count). The third-order valence-electron chi connectivity index (χ3n) is 5.59. The summed E-state index contributed by atoms with van der Waals surface area (Å²) in [4.78, 5) is 5.03. The molecule has 0 fully saturated rings. The van der Waals surface area contributed by atoms with E-state index in [9.17, 15) is 5.11 Å². The predicted octanol–water partition coefficient (Wildman–Crippen LogP) is 6.60. The molecule has 0 aromatic heterocycles. The van der Waals surface area contributed by atoms with Crippen LogP contribution in [0.3, 0.4) is 0 Å². The Labute approximate surface area is 196 Å². The molecule has 1 heterocycles. The maximum absolute atomic E-state index is 10.5. The topological polar surface area (TPSA) is 53.8 Å². The van der Waals surface area contributed by atoms with Crippen molar-refractivity contribution in [1.29, 1.82) is 0 Å². The Hall–Kier alpha value is -2.34. The molecule has 31 heavy (non-hydrogen) atoms. The Morgan fingerprint density at radius 3 is 2.58 bits per heavy atom. The number of halogens is 2. The van der Waals surface area contributed by atoms with E-state index in [2.05, 4.69) is 52.4 Å². The summed E-state index contributed by atoms with van der Waals surface area (Å²) in [6.45, 7) is 2.15. The second-order valence-electron chi connectivity index (χ2n) is 7.55. The fourth-order valence-corrected chi connectivity index (χ4v) is 4.58. The van der Waals surface area contributed by atoms with Crippen LogP contribution in [0.25, 0.3) is 0 Å². The molecule has 0 bridgehead atoms. The normalized spacial score (nSPS) is 18.5. The van der Waals surface area contributed by atoms with Gasteiger partial charge in [0.25, 0.3) is 0 Å². The number of nitrogens with one attached hydrogen (secondary N) is 1. The van der Waals surface area contributed by atoms with Crippen LogP contribution >= 0.6 is 27.5 Å². The van der Waals surface area contributed by atoms with Crippen molar-refractivity contribution in [3.05, 3.63) is 92.4 Å². The number of hydrogen-bond donors (Lipinski definition) is 2. The maximum atomic E-state index is 10.5. The molecular formula is C25H24BrClN2O2. The van der Waals surface area contributed by atoms with E-state index in [1.807, 2.05) is 24.3 Å². The standard InChI is InChI=1S/C25H24BrClN2O2/c1-3-15-4-6-16(7-5-15)21-14-22(19-13-18(27)9-10-23(19)30)29-25(28-21)17-8-11-24(31-2)20(26)12-17/h4-13,22,25,29-30H,3,14H2,1-2H3/t22-,25+/m0/s1. The molecule has 3 aromatic carbocycles. The summed E-state index contributed by atoms with van der Waals surface area (Å²) in [6.07, 6.45) is 1.36. The fraction of sp³-hybridized carbons (Fsp3) is 0.240. The molecular weight excluding hydrogens is 476 g/mol. The molecule has 4 nitrogen and oxygen atoms in total. The summed E-state index contributed by atoms with van der Waals surface area (Å²) >= 11 is 9.81. The van der Waals surface area contributed by atoms with Crippen LogP contribution in [0.4, 0.5) is 0 Å². The highest BCUT2D eigenvalue weighted by Crippen LogP contribution is 2.37. The van der Waals surface area contributed by atoms with Crippen molar-refractivity contribution in [1.82, 2.24) is 5.32 Å². The van der Waals surface area contributed by atoms with Crippen molar-refractivity contribution in [3.63, 3.8) is 0 Å². The smallest absolute Gasteiger partial charge is 0.133 e. The molecule has 0 unspecified atom stereocenters. The Bertz CT molecular complexity index is 1120. The van der Waals surface area contributed by atoms with Gasteiger partial charge in [0, 0.05) is 28.8 Å². The zero-order chi connectivity index (χ0) is 22.0. The minimum Gasteiger partial charge on any atom is -0.508 e. The van der Waals surface area contributed by atoms with E-state index in [0.29, 0.717) is 11.4 Å². The summed E-state index contributed by atoms with van der Waals surface area (Å²) in [5.74, 6) is 0.988. The minimum absolute atomic E-state index is 0.136. The molecule has 6 heteroatoms. The highest BCUT2D eigenvalue weighted by atomic mass is 79.9. The quantitative estimate of drug-likeness (QED) is 0.416. The molecule has 0 amide bonds. The van der Waals surface area contributed by atoms with Crippen molar-refractivity contribution in [2.45, 2.75) is 32.0 Å². The highest BCUT2D eigenvalue weighted by Gasteiger charge is 2.28. The zero-order valence-electron chi connectivity index (χ0n) is 17.4. The lowest BCUT2D eigenvalue weighted by Gasteiger charge is -2.31. The summed E-state index contributed by atoms with van der Waals surface area (Å²) in [5, 5.41) is 14.7. The first-order valence-electron chi connectivity index (χ1n) is 10.2. The van der Waals surface area contributed by atoms with E-state index in [0.717, 1.165) is 39.0 Å². The van der Waals surface area contributed by atoms with Gasteiger partial charge in [-0.15, -0.1) is 0 Å². The van der Waals surface area contributed by atoms with Gasteiger partial charge in [-0.05, 0) is 69.4 Å². The number of ether oxygens (including phenoxy) is 1. The van der Waals surface area contributed by atoms with Crippen molar-refractivity contribution < 1.29 is 9.84 Å². The van der Waals surface area contributed by atoms with Crippen molar-refractivity contribution >= 4 is 33.2 Å². The molecule has 2 N–H and O–H groups in total. The number of rotatable bonds is 5. The summed E-state index contributed by atoms with van der Waals surface area (Å²) in [5.41, 5.74) is 5.13. The van der Waals surface area contributed by atoms with Gasteiger partial charge in [-0.1, -0.05) is 48.9 Å². The molecule has 2 atom stereocenters. The number of aryl methyl sites for hydroxylation is 1. The SMILES string of the molecule is CCc1ccc(C2=N[C@@H](c3ccc(OC)c(Br)c3)N[C@H](c3cc(Cl)ccc3O)C2)cc1. The van der Waals surface area contributed by atoms with Gasteiger partial charge in [-0.2, -0.15) is 0 Å². The highest BCUT2D eigenvalue weighted by molar-refractivity contribution is 9.10. The van der Waals surface area contributed by atoms with Crippen molar-refractivity contribution in [2.24, 2.45) is 4.99 Å². The number of aromatic hydroxyl groups is 1. The monoisotopic (exact) mass is 498 g/mol. The van der Waals surface area contributed by atoms with Crippen molar-refractivity contribution in [2.75, 3.05) is 7.11 Å².